The van der Waals surface area contributed by atoms with Crippen molar-refractivity contribution in [3.63, 3.8) is 0 Å². The van der Waals surface area contributed by atoms with Gasteiger partial charge >= 0.3 is 6.01 Å². The maximum absolute atomic E-state index is 12.7. The number of carbonyl (C=O) groups excluding carboxylic acids is 1. The molecular weight excluding hydrogens is 388 g/mol. The van der Waals surface area contributed by atoms with E-state index >= 15 is 0 Å². The number of aromatic nitrogens is 2. The van der Waals surface area contributed by atoms with E-state index in [1.807, 2.05) is 34.9 Å². The van der Waals surface area contributed by atoms with Gasteiger partial charge in [-0.25, -0.2) is 0 Å². The summed E-state index contributed by atoms with van der Waals surface area (Å²) in [6.45, 7) is 6.57. The van der Waals surface area contributed by atoms with Gasteiger partial charge in [0.05, 0.1) is 26.9 Å². The molecule has 4 rings (SSSR count). The van der Waals surface area contributed by atoms with E-state index in [-0.39, 0.29) is 11.8 Å². The van der Waals surface area contributed by atoms with Crippen molar-refractivity contribution in [3.05, 3.63) is 18.2 Å². The predicted octanol–water partition coefficient (Wildman–Crippen LogP) is 2.22. The van der Waals surface area contributed by atoms with Crippen LogP contribution in [0, 0.1) is 5.92 Å². The van der Waals surface area contributed by atoms with Gasteiger partial charge in [0, 0.05) is 37.7 Å². The molecule has 2 saturated heterocycles. The Morgan fingerprint density at radius 3 is 2.63 bits per heavy atom. The molecule has 0 spiro atoms. The maximum Gasteiger partial charge on any atom is 0.324 e. The van der Waals surface area contributed by atoms with Crippen LogP contribution >= 0.6 is 0 Å². The number of benzene rings is 1. The third kappa shape index (κ3) is 4.35. The Morgan fingerprint density at radius 1 is 1.17 bits per heavy atom. The minimum Gasteiger partial charge on any atom is -0.493 e. The number of amides is 1. The highest BCUT2D eigenvalue weighted by atomic mass is 16.5. The number of morpholine rings is 1. The SMILES string of the molecule is CCOc1ccc(-c2noc(N3CCC(C(=O)N4CCOCC4)CC3)n2)cc1OC. The highest BCUT2D eigenvalue weighted by molar-refractivity contribution is 5.79. The predicted molar refractivity (Wildman–Crippen MR) is 110 cm³/mol. The van der Waals surface area contributed by atoms with Crippen molar-refractivity contribution in [1.82, 2.24) is 15.0 Å². The number of rotatable bonds is 6. The van der Waals surface area contributed by atoms with E-state index in [4.69, 9.17) is 18.7 Å². The van der Waals surface area contributed by atoms with E-state index in [0.717, 1.165) is 31.5 Å². The smallest absolute Gasteiger partial charge is 0.324 e. The molecule has 9 heteroatoms. The van der Waals surface area contributed by atoms with Crippen LogP contribution in [-0.4, -0.2) is 74.1 Å². The van der Waals surface area contributed by atoms with Gasteiger partial charge in [-0.05, 0) is 38.0 Å². The van der Waals surface area contributed by atoms with Crippen molar-refractivity contribution >= 4 is 11.9 Å². The summed E-state index contributed by atoms with van der Waals surface area (Å²) in [6.07, 6.45) is 1.57. The normalized spacial score (nSPS) is 17.8. The van der Waals surface area contributed by atoms with Crippen molar-refractivity contribution in [2.75, 3.05) is 58.0 Å². The summed E-state index contributed by atoms with van der Waals surface area (Å²) in [5.74, 6) is 2.10. The lowest BCUT2D eigenvalue weighted by atomic mass is 9.95. The van der Waals surface area contributed by atoms with Gasteiger partial charge in [-0.2, -0.15) is 4.98 Å². The second-order valence-electron chi connectivity index (χ2n) is 7.40. The Hall–Kier alpha value is -2.81. The van der Waals surface area contributed by atoms with Gasteiger partial charge in [0.15, 0.2) is 11.5 Å². The standard InChI is InChI=1S/C21H28N4O5/c1-3-29-17-5-4-16(14-18(17)27-2)19-22-21(30-23-19)25-8-6-15(7-9-25)20(26)24-10-12-28-13-11-24/h4-5,14-15H,3,6-13H2,1-2H3. The first kappa shape index (κ1) is 20.5. The molecule has 0 unspecified atom stereocenters. The molecule has 0 bridgehead atoms. The molecule has 1 aromatic heterocycles. The summed E-state index contributed by atoms with van der Waals surface area (Å²) in [7, 11) is 1.60. The first-order valence-corrected chi connectivity index (χ1v) is 10.5. The lowest BCUT2D eigenvalue weighted by Crippen LogP contribution is -2.46. The zero-order chi connectivity index (χ0) is 20.9. The molecule has 1 aromatic carbocycles. The van der Waals surface area contributed by atoms with Gasteiger partial charge in [0.1, 0.15) is 0 Å². The summed E-state index contributed by atoms with van der Waals surface area (Å²) >= 11 is 0. The summed E-state index contributed by atoms with van der Waals surface area (Å²) < 4.78 is 21.8. The number of nitrogens with zero attached hydrogens (tertiary/aromatic N) is 4. The Labute approximate surface area is 175 Å². The van der Waals surface area contributed by atoms with Crippen molar-refractivity contribution in [2.24, 2.45) is 5.92 Å². The molecule has 2 aromatic rings. The largest absolute Gasteiger partial charge is 0.493 e. The highest BCUT2D eigenvalue weighted by Gasteiger charge is 2.31. The third-order valence-electron chi connectivity index (χ3n) is 5.57. The molecule has 2 aliphatic heterocycles. The van der Waals surface area contributed by atoms with Crippen LogP contribution in [0.25, 0.3) is 11.4 Å². The van der Waals surface area contributed by atoms with Crippen LogP contribution in [0.2, 0.25) is 0 Å². The number of hydrogen-bond acceptors (Lipinski definition) is 8. The van der Waals surface area contributed by atoms with E-state index in [0.29, 0.717) is 56.2 Å². The number of ether oxygens (including phenoxy) is 3. The van der Waals surface area contributed by atoms with Gasteiger partial charge in [-0.3, -0.25) is 4.79 Å². The maximum atomic E-state index is 12.7. The van der Waals surface area contributed by atoms with Crippen molar-refractivity contribution in [3.8, 4) is 22.9 Å². The monoisotopic (exact) mass is 416 g/mol. The van der Waals surface area contributed by atoms with Crippen LogP contribution in [-0.2, 0) is 9.53 Å². The fraction of sp³-hybridized carbons (Fsp3) is 0.571. The lowest BCUT2D eigenvalue weighted by Gasteiger charge is -2.34. The van der Waals surface area contributed by atoms with E-state index in [9.17, 15) is 4.79 Å². The molecule has 3 heterocycles. The van der Waals surface area contributed by atoms with Crippen molar-refractivity contribution in [1.29, 1.82) is 0 Å². The zero-order valence-corrected chi connectivity index (χ0v) is 17.5. The molecule has 162 valence electrons. The summed E-state index contributed by atoms with van der Waals surface area (Å²) in [5, 5.41) is 4.13. The minimum atomic E-state index is 0.0529. The molecule has 0 radical (unpaired) electrons. The Bertz CT molecular complexity index is 857. The molecule has 9 nitrogen and oxygen atoms in total. The summed E-state index contributed by atoms with van der Waals surface area (Å²) in [5.41, 5.74) is 0.794. The van der Waals surface area contributed by atoms with E-state index < -0.39 is 0 Å². The number of carbonyl (C=O) groups is 1. The van der Waals surface area contributed by atoms with Crippen LogP contribution in [0.1, 0.15) is 19.8 Å². The van der Waals surface area contributed by atoms with Crippen LogP contribution in [0.4, 0.5) is 6.01 Å². The first-order valence-electron chi connectivity index (χ1n) is 10.5. The molecule has 2 fully saturated rings. The number of hydrogen-bond donors (Lipinski definition) is 0. The molecule has 0 aliphatic carbocycles. The summed E-state index contributed by atoms with van der Waals surface area (Å²) in [4.78, 5) is 21.2. The third-order valence-corrected chi connectivity index (χ3v) is 5.57. The number of methoxy groups -OCH3 is 1. The molecule has 30 heavy (non-hydrogen) atoms. The van der Waals surface area contributed by atoms with Gasteiger partial charge in [-0.15, -0.1) is 0 Å². The second-order valence-corrected chi connectivity index (χ2v) is 7.40. The second kappa shape index (κ2) is 9.34. The fourth-order valence-corrected chi connectivity index (χ4v) is 3.90. The van der Waals surface area contributed by atoms with Gasteiger partial charge < -0.3 is 28.5 Å². The topological polar surface area (TPSA) is 90.2 Å². The Balaban J connectivity index is 1.38. The molecule has 0 N–H and O–H groups in total. The van der Waals surface area contributed by atoms with Crippen LogP contribution in [0.3, 0.4) is 0 Å². The average molecular weight is 416 g/mol. The quantitative estimate of drug-likeness (QED) is 0.708. The first-order chi connectivity index (χ1) is 14.7. The van der Waals surface area contributed by atoms with Gasteiger partial charge in [0.2, 0.25) is 11.7 Å². The Morgan fingerprint density at radius 2 is 1.93 bits per heavy atom. The summed E-state index contributed by atoms with van der Waals surface area (Å²) in [6, 6.07) is 6.05. The van der Waals surface area contributed by atoms with Crippen LogP contribution < -0.4 is 14.4 Å². The number of anilines is 1. The van der Waals surface area contributed by atoms with Crippen molar-refractivity contribution < 1.29 is 23.5 Å². The van der Waals surface area contributed by atoms with E-state index in [2.05, 4.69) is 10.1 Å². The van der Waals surface area contributed by atoms with E-state index in [1.54, 1.807) is 7.11 Å². The molecule has 0 atom stereocenters. The highest BCUT2D eigenvalue weighted by Crippen LogP contribution is 2.32. The van der Waals surface area contributed by atoms with Crippen LogP contribution in [0.15, 0.2) is 22.7 Å². The Kier molecular flexibility index (Phi) is 6.37. The zero-order valence-electron chi connectivity index (χ0n) is 17.5. The van der Waals surface area contributed by atoms with E-state index in [1.165, 1.54) is 0 Å². The average Bonchev–Trinajstić information content (AvgIpc) is 3.30. The molecule has 2 aliphatic rings. The fourth-order valence-electron chi connectivity index (χ4n) is 3.90. The molecule has 1 amide bonds. The lowest BCUT2D eigenvalue weighted by molar-refractivity contribution is -0.140. The van der Waals surface area contributed by atoms with Crippen LogP contribution in [0.5, 0.6) is 11.5 Å². The van der Waals surface area contributed by atoms with Crippen molar-refractivity contribution in [2.45, 2.75) is 19.8 Å². The molecular formula is C21H28N4O5. The minimum absolute atomic E-state index is 0.0529. The van der Waals surface area contributed by atoms with Gasteiger partial charge in [0.25, 0.3) is 0 Å². The molecule has 0 saturated carbocycles. The number of piperidine rings is 1. The van der Waals surface area contributed by atoms with Gasteiger partial charge in [-0.1, -0.05) is 5.16 Å².